The van der Waals surface area contributed by atoms with E-state index < -0.39 is 0 Å². The smallest absolute Gasteiger partial charge is 0.274 e. The summed E-state index contributed by atoms with van der Waals surface area (Å²) in [5, 5.41) is 3.10. The van der Waals surface area contributed by atoms with Crippen LogP contribution in [0.2, 0.25) is 0 Å². The van der Waals surface area contributed by atoms with E-state index in [-0.39, 0.29) is 11.8 Å². The fourth-order valence-corrected chi connectivity index (χ4v) is 3.17. The van der Waals surface area contributed by atoms with Gasteiger partial charge in [-0.05, 0) is 26.2 Å². The summed E-state index contributed by atoms with van der Waals surface area (Å²) in [6.07, 6.45) is 11.3. The number of nitrogens with one attached hydrogen (secondary N) is 1. The summed E-state index contributed by atoms with van der Waals surface area (Å²) < 4.78 is 5.35. The highest BCUT2D eigenvalue weighted by Crippen LogP contribution is 2.17. The highest BCUT2D eigenvalue weighted by Gasteiger charge is 2.20. The summed E-state index contributed by atoms with van der Waals surface area (Å²) in [7, 11) is 0. The van der Waals surface area contributed by atoms with E-state index in [2.05, 4.69) is 15.3 Å². The molecule has 0 spiro atoms. The molecule has 2 amide bonds. The van der Waals surface area contributed by atoms with Gasteiger partial charge in [0, 0.05) is 51.2 Å². The molecule has 0 atom stereocenters. The van der Waals surface area contributed by atoms with Gasteiger partial charge in [0.1, 0.15) is 5.69 Å². The average Bonchev–Trinajstić information content (AvgIpc) is 2.68. The monoisotopic (exact) mass is 362 g/mol. The highest BCUT2D eigenvalue weighted by atomic mass is 16.5. The quantitative estimate of drug-likeness (QED) is 0.645. The number of hydrogen-bond donors (Lipinski definition) is 1. The van der Waals surface area contributed by atoms with Crippen molar-refractivity contribution in [1.82, 2.24) is 20.2 Å². The zero-order valence-electron chi connectivity index (χ0n) is 15.7. The third-order valence-electron chi connectivity index (χ3n) is 4.57. The predicted octanol–water partition coefficient (Wildman–Crippen LogP) is 2.18. The van der Waals surface area contributed by atoms with Crippen molar-refractivity contribution in [2.24, 2.45) is 0 Å². The molecule has 1 aromatic rings. The first kappa shape index (κ1) is 20.3. The Hall–Kier alpha value is -2.02. The van der Waals surface area contributed by atoms with E-state index >= 15 is 0 Å². The molecule has 1 N–H and O–H groups in total. The van der Waals surface area contributed by atoms with Gasteiger partial charge in [0.05, 0.1) is 6.20 Å². The van der Waals surface area contributed by atoms with Crippen molar-refractivity contribution in [3.05, 3.63) is 24.3 Å². The van der Waals surface area contributed by atoms with Gasteiger partial charge < -0.3 is 15.0 Å². The van der Waals surface area contributed by atoms with Gasteiger partial charge in [-0.2, -0.15) is 0 Å². The maximum absolute atomic E-state index is 12.7. The van der Waals surface area contributed by atoms with E-state index in [1.54, 1.807) is 4.90 Å². The summed E-state index contributed by atoms with van der Waals surface area (Å²) in [5.41, 5.74) is 0.302. The molecule has 7 heteroatoms. The van der Waals surface area contributed by atoms with Crippen LogP contribution in [0.4, 0.5) is 0 Å². The molecule has 0 aliphatic heterocycles. The number of hydrogen-bond acceptors (Lipinski definition) is 5. The molecule has 144 valence electrons. The van der Waals surface area contributed by atoms with Gasteiger partial charge in [0.25, 0.3) is 5.91 Å². The van der Waals surface area contributed by atoms with E-state index in [1.807, 2.05) is 6.92 Å². The van der Waals surface area contributed by atoms with Crippen molar-refractivity contribution in [2.75, 3.05) is 26.3 Å². The maximum Gasteiger partial charge on any atom is 0.274 e. The molecule has 7 nitrogen and oxygen atoms in total. The summed E-state index contributed by atoms with van der Waals surface area (Å²) >= 11 is 0. The standard InChI is InChI=1S/C19H30N4O3/c1-2-26-14-6-12-23(19(25)17-15-20-10-11-21-17)13-9-18(24)22-16-7-4-3-5-8-16/h10-11,15-16H,2-9,12-14H2,1H3,(H,22,24). The molecule has 0 unspecified atom stereocenters. The van der Waals surface area contributed by atoms with Gasteiger partial charge in [-0.1, -0.05) is 19.3 Å². The average molecular weight is 362 g/mol. The summed E-state index contributed by atoms with van der Waals surface area (Å²) in [4.78, 5) is 34.6. The lowest BCUT2D eigenvalue weighted by Crippen LogP contribution is -2.40. The lowest BCUT2D eigenvalue weighted by molar-refractivity contribution is -0.122. The van der Waals surface area contributed by atoms with Crippen LogP contribution in [0, 0.1) is 0 Å². The number of ether oxygens (including phenoxy) is 1. The largest absolute Gasteiger partial charge is 0.382 e. The van der Waals surface area contributed by atoms with Crippen LogP contribution in [0.5, 0.6) is 0 Å². The van der Waals surface area contributed by atoms with Crippen LogP contribution in [0.15, 0.2) is 18.6 Å². The molecule has 1 heterocycles. The van der Waals surface area contributed by atoms with Crippen molar-refractivity contribution >= 4 is 11.8 Å². The zero-order chi connectivity index (χ0) is 18.6. The molecule has 1 aliphatic rings. The number of carbonyl (C=O) groups excluding carboxylic acids is 2. The van der Waals surface area contributed by atoms with Crippen molar-refractivity contribution in [1.29, 1.82) is 0 Å². The minimum Gasteiger partial charge on any atom is -0.382 e. The van der Waals surface area contributed by atoms with Crippen molar-refractivity contribution in [2.45, 2.75) is 57.9 Å². The minimum absolute atomic E-state index is 0.0126. The second-order valence-electron chi connectivity index (χ2n) is 6.59. The van der Waals surface area contributed by atoms with Crippen LogP contribution in [0.3, 0.4) is 0 Å². The Morgan fingerprint density at radius 1 is 1.23 bits per heavy atom. The molecule has 0 saturated heterocycles. The SMILES string of the molecule is CCOCCCN(CCC(=O)NC1CCCCC1)C(=O)c1cnccn1. The summed E-state index contributed by atoms with van der Waals surface area (Å²) in [6, 6.07) is 0.290. The highest BCUT2D eigenvalue weighted by molar-refractivity contribution is 5.92. The van der Waals surface area contributed by atoms with Gasteiger partial charge in [-0.15, -0.1) is 0 Å². The molecular weight excluding hydrogens is 332 g/mol. The Bertz CT molecular complexity index is 547. The van der Waals surface area contributed by atoms with Crippen LogP contribution in [0.25, 0.3) is 0 Å². The van der Waals surface area contributed by atoms with Crippen LogP contribution in [0.1, 0.15) is 62.4 Å². The Balaban J connectivity index is 1.85. The van der Waals surface area contributed by atoms with Gasteiger partial charge in [0.15, 0.2) is 0 Å². The number of nitrogens with zero attached hydrogens (tertiary/aromatic N) is 3. The zero-order valence-corrected chi connectivity index (χ0v) is 15.7. The second-order valence-corrected chi connectivity index (χ2v) is 6.59. The number of carbonyl (C=O) groups is 2. The first-order valence-corrected chi connectivity index (χ1v) is 9.63. The van der Waals surface area contributed by atoms with E-state index in [0.717, 1.165) is 19.3 Å². The van der Waals surface area contributed by atoms with Gasteiger partial charge in [-0.3, -0.25) is 14.6 Å². The fourth-order valence-electron chi connectivity index (χ4n) is 3.17. The fraction of sp³-hybridized carbons (Fsp3) is 0.684. The molecule has 26 heavy (non-hydrogen) atoms. The van der Waals surface area contributed by atoms with Gasteiger partial charge in [-0.25, -0.2) is 4.98 Å². The topological polar surface area (TPSA) is 84.4 Å². The number of aromatic nitrogens is 2. The molecule has 0 aromatic carbocycles. The normalized spacial score (nSPS) is 14.8. The Morgan fingerprint density at radius 2 is 2.04 bits per heavy atom. The molecule has 0 bridgehead atoms. The first-order chi connectivity index (χ1) is 12.7. The number of rotatable bonds is 10. The molecule has 1 fully saturated rings. The summed E-state index contributed by atoms with van der Waals surface area (Å²) in [6.45, 7) is 4.10. The van der Waals surface area contributed by atoms with Crippen LogP contribution in [-0.4, -0.2) is 59.0 Å². The van der Waals surface area contributed by atoms with Crippen molar-refractivity contribution < 1.29 is 14.3 Å². The van der Waals surface area contributed by atoms with Crippen LogP contribution in [-0.2, 0) is 9.53 Å². The number of amides is 2. The van der Waals surface area contributed by atoms with Gasteiger partial charge >= 0.3 is 0 Å². The Labute approximate surface area is 155 Å². The molecule has 1 saturated carbocycles. The van der Waals surface area contributed by atoms with Gasteiger partial charge in [0.2, 0.25) is 5.91 Å². The maximum atomic E-state index is 12.7. The Kier molecular flexibility index (Phi) is 9.03. The Morgan fingerprint density at radius 3 is 2.73 bits per heavy atom. The summed E-state index contributed by atoms with van der Waals surface area (Å²) in [5.74, 6) is -0.182. The third kappa shape index (κ3) is 7.07. The first-order valence-electron chi connectivity index (χ1n) is 9.63. The van der Waals surface area contributed by atoms with Crippen molar-refractivity contribution in [3.8, 4) is 0 Å². The minimum atomic E-state index is -0.194. The molecule has 2 rings (SSSR count). The second kappa shape index (κ2) is 11.6. The molecule has 1 aromatic heterocycles. The van der Waals surface area contributed by atoms with E-state index in [1.165, 1.54) is 37.9 Å². The van der Waals surface area contributed by atoms with Crippen LogP contribution >= 0.6 is 0 Å². The molecular formula is C19H30N4O3. The third-order valence-corrected chi connectivity index (χ3v) is 4.57. The lowest BCUT2D eigenvalue weighted by atomic mass is 9.95. The van der Waals surface area contributed by atoms with Crippen molar-refractivity contribution in [3.63, 3.8) is 0 Å². The predicted molar refractivity (Wildman–Crippen MR) is 98.7 cm³/mol. The van der Waals surface area contributed by atoms with E-state index in [4.69, 9.17) is 4.74 Å². The molecule has 0 radical (unpaired) electrons. The van der Waals surface area contributed by atoms with E-state index in [9.17, 15) is 9.59 Å². The molecule has 1 aliphatic carbocycles. The lowest BCUT2D eigenvalue weighted by Gasteiger charge is -2.25. The van der Waals surface area contributed by atoms with E-state index in [0.29, 0.717) is 44.5 Å². The van der Waals surface area contributed by atoms with Crippen LogP contribution < -0.4 is 5.32 Å².